The molecule has 244 valence electrons. The quantitative estimate of drug-likeness (QED) is 0.163. The van der Waals surface area contributed by atoms with Gasteiger partial charge in [-0.25, -0.2) is 0 Å². The highest BCUT2D eigenvalue weighted by Gasteiger charge is 2.41. The van der Waals surface area contributed by atoms with Crippen molar-refractivity contribution in [1.82, 2.24) is 15.5 Å². The maximum absolute atomic E-state index is 13.9. The molecule has 0 saturated carbocycles. The van der Waals surface area contributed by atoms with Gasteiger partial charge in [0.15, 0.2) is 0 Å². The van der Waals surface area contributed by atoms with Crippen LogP contribution in [-0.4, -0.2) is 40.9 Å². The third-order valence-corrected chi connectivity index (χ3v) is 9.31. The number of carbonyl (C=O) groups excluding carboxylic acids is 2. The zero-order valence-corrected chi connectivity index (χ0v) is 26.4. The van der Waals surface area contributed by atoms with Crippen molar-refractivity contribution in [1.29, 1.82) is 0 Å². The minimum absolute atomic E-state index is 0.0218. The van der Waals surface area contributed by atoms with Gasteiger partial charge in [-0.05, 0) is 79.3 Å². The molecule has 2 aliphatic heterocycles. The van der Waals surface area contributed by atoms with Crippen molar-refractivity contribution in [3.8, 4) is 0 Å². The second-order valence-corrected chi connectivity index (χ2v) is 12.8. The summed E-state index contributed by atoms with van der Waals surface area (Å²) in [5, 5.41) is 9.83. The Hall–Kier alpha value is -4.34. The first-order valence-electron chi connectivity index (χ1n) is 15.8. The lowest BCUT2D eigenvalue weighted by molar-refractivity contribution is -0.137. The van der Waals surface area contributed by atoms with E-state index in [9.17, 15) is 22.8 Å². The fourth-order valence-corrected chi connectivity index (χ4v) is 6.89. The van der Waals surface area contributed by atoms with Crippen LogP contribution < -0.4 is 16.0 Å². The molecule has 2 saturated heterocycles. The number of hydrogen-bond donors (Lipinski definition) is 3. The van der Waals surface area contributed by atoms with Crippen LogP contribution in [0.3, 0.4) is 0 Å². The molecule has 4 aromatic carbocycles. The van der Waals surface area contributed by atoms with Crippen LogP contribution in [0.1, 0.15) is 52.7 Å². The maximum Gasteiger partial charge on any atom is 0.416 e. The second kappa shape index (κ2) is 14.2. The van der Waals surface area contributed by atoms with Gasteiger partial charge in [0, 0.05) is 41.8 Å². The van der Waals surface area contributed by atoms with Crippen molar-refractivity contribution in [2.75, 3.05) is 5.32 Å². The summed E-state index contributed by atoms with van der Waals surface area (Å²) in [5.74, 6) is -0.768. The first kappa shape index (κ1) is 32.6. The standard InChI is InChI=1S/C37H36ClF3N4O2/c38-27-15-13-25(14-16-27)23-45-30-17-18-31(45)22-29(21-30)43-36(47)34(19-24-7-2-1-3-8-24)44-35(46)32-11-4-5-12-33(32)42-28-10-6-9-26(20-28)37(39,40)41/h1-16,20,29-31,34,42H,17-19,21-23H2,(H,43,47)(H,44,46)/t29?,30?,31?,34-/m0/s1. The molecule has 2 aliphatic rings. The molecule has 3 atom stereocenters. The number of amides is 2. The zero-order chi connectivity index (χ0) is 33.0. The maximum atomic E-state index is 13.9. The van der Waals surface area contributed by atoms with Crippen molar-refractivity contribution in [2.24, 2.45) is 0 Å². The van der Waals surface area contributed by atoms with Crippen LogP contribution in [0.5, 0.6) is 0 Å². The predicted octanol–water partition coefficient (Wildman–Crippen LogP) is 7.76. The largest absolute Gasteiger partial charge is 0.416 e. The Morgan fingerprint density at radius 1 is 0.830 bits per heavy atom. The lowest BCUT2D eigenvalue weighted by Crippen LogP contribution is -2.55. The molecule has 6 rings (SSSR count). The van der Waals surface area contributed by atoms with E-state index in [4.69, 9.17) is 11.6 Å². The fraction of sp³-hybridized carbons (Fsp3) is 0.297. The number of alkyl halides is 3. The second-order valence-electron chi connectivity index (χ2n) is 12.3. The number of carbonyl (C=O) groups is 2. The molecular weight excluding hydrogens is 625 g/mol. The number of anilines is 2. The summed E-state index contributed by atoms with van der Waals surface area (Å²) in [7, 11) is 0. The monoisotopic (exact) mass is 660 g/mol. The Kier molecular flexibility index (Phi) is 9.84. The van der Waals surface area contributed by atoms with Crippen LogP contribution >= 0.6 is 11.6 Å². The SMILES string of the molecule is O=C(N[C@@H](Cc1ccccc1)C(=O)NC1CC2CCC(C1)N2Cc1ccc(Cl)cc1)c1ccccc1Nc1cccc(C(F)(F)F)c1. The molecule has 2 unspecified atom stereocenters. The van der Waals surface area contributed by atoms with E-state index in [0.29, 0.717) is 22.8 Å². The van der Waals surface area contributed by atoms with Gasteiger partial charge in [-0.15, -0.1) is 0 Å². The number of halogens is 4. The van der Waals surface area contributed by atoms with E-state index >= 15 is 0 Å². The van der Waals surface area contributed by atoms with Crippen molar-refractivity contribution in [3.05, 3.63) is 130 Å². The third kappa shape index (κ3) is 8.15. The summed E-state index contributed by atoms with van der Waals surface area (Å²) in [6.07, 6.45) is -0.421. The lowest BCUT2D eigenvalue weighted by atomic mass is 9.95. The summed E-state index contributed by atoms with van der Waals surface area (Å²) >= 11 is 6.08. The van der Waals surface area contributed by atoms with Crippen molar-refractivity contribution >= 4 is 34.8 Å². The summed E-state index contributed by atoms with van der Waals surface area (Å²) in [6, 6.07) is 28.6. The Bertz CT molecular complexity index is 1690. The summed E-state index contributed by atoms with van der Waals surface area (Å²) in [4.78, 5) is 30.1. The molecule has 47 heavy (non-hydrogen) atoms. The van der Waals surface area contributed by atoms with Crippen molar-refractivity contribution in [2.45, 2.75) is 69.0 Å². The average molecular weight is 661 g/mol. The molecule has 2 bridgehead atoms. The molecule has 2 fully saturated rings. The first-order valence-corrected chi connectivity index (χ1v) is 16.2. The minimum Gasteiger partial charge on any atom is -0.355 e. The number of hydrogen-bond acceptors (Lipinski definition) is 4. The van der Waals surface area contributed by atoms with Gasteiger partial charge >= 0.3 is 6.18 Å². The fourth-order valence-electron chi connectivity index (χ4n) is 6.77. The van der Waals surface area contributed by atoms with Gasteiger partial charge in [-0.2, -0.15) is 13.2 Å². The van der Waals surface area contributed by atoms with Crippen LogP contribution in [0.15, 0.2) is 103 Å². The molecule has 0 aliphatic carbocycles. The van der Waals surface area contributed by atoms with Crippen LogP contribution in [0, 0.1) is 0 Å². The number of piperidine rings is 1. The zero-order valence-electron chi connectivity index (χ0n) is 25.6. The Morgan fingerprint density at radius 3 is 2.21 bits per heavy atom. The number of nitrogens with zero attached hydrogens (tertiary/aromatic N) is 1. The van der Waals surface area contributed by atoms with Crippen molar-refractivity contribution < 1.29 is 22.8 Å². The number of para-hydroxylation sites is 1. The summed E-state index contributed by atoms with van der Waals surface area (Å²) in [5.41, 5.74) is 2.03. The molecule has 0 spiro atoms. The number of rotatable bonds is 10. The number of benzene rings is 4. The van der Waals surface area contributed by atoms with Crippen molar-refractivity contribution in [3.63, 3.8) is 0 Å². The highest BCUT2D eigenvalue weighted by Crippen LogP contribution is 2.37. The molecule has 4 aromatic rings. The minimum atomic E-state index is -4.50. The van der Waals surface area contributed by atoms with Crippen LogP contribution in [-0.2, 0) is 23.9 Å². The molecule has 0 aromatic heterocycles. The molecule has 10 heteroatoms. The molecule has 6 nitrogen and oxygen atoms in total. The molecule has 0 radical (unpaired) electrons. The third-order valence-electron chi connectivity index (χ3n) is 9.05. The van der Waals surface area contributed by atoms with E-state index < -0.39 is 23.7 Å². The van der Waals surface area contributed by atoms with E-state index in [-0.39, 0.29) is 29.6 Å². The summed E-state index contributed by atoms with van der Waals surface area (Å²) < 4.78 is 39.9. The average Bonchev–Trinajstić information content (AvgIpc) is 3.28. The topological polar surface area (TPSA) is 73.5 Å². The first-order chi connectivity index (χ1) is 22.6. The molecule has 2 heterocycles. The smallest absolute Gasteiger partial charge is 0.355 e. The Balaban J connectivity index is 1.15. The predicted molar refractivity (Wildman–Crippen MR) is 178 cm³/mol. The molecule has 2 amide bonds. The van der Waals surface area contributed by atoms with Gasteiger partial charge in [0.05, 0.1) is 16.8 Å². The van der Waals surface area contributed by atoms with Crippen LogP contribution in [0.4, 0.5) is 24.5 Å². The molecular formula is C37H36ClF3N4O2. The normalized spacial score (nSPS) is 20.0. The van der Waals surface area contributed by atoms with E-state index in [1.165, 1.54) is 17.7 Å². The lowest BCUT2D eigenvalue weighted by Gasteiger charge is -2.39. The highest BCUT2D eigenvalue weighted by atomic mass is 35.5. The van der Waals surface area contributed by atoms with Gasteiger partial charge in [0.25, 0.3) is 5.91 Å². The van der Waals surface area contributed by atoms with Gasteiger partial charge in [-0.1, -0.05) is 72.3 Å². The Morgan fingerprint density at radius 2 is 1.51 bits per heavy atom. The van der Waals surface area contributed by atoms with Gasteiger partial charge < -0.3 is 16.0 Å². The van der Waals surface area contributed by atoms with Gasteiger partial charge in [0.2, 0.25) is 5.91 Å². The van der Waals surface area contributed by atoms with Gasteiger partial charge in [0.1, 0.15) is 6.04 Å². The van der Waals surface area contributed by atoms with E-state index in [2.05, 4.69) is 33.0 Å². The van der Waals surface area contributed by atoms with E-state index in [0.717, 1.165) is 49.9 Å². The molecule has 3 N–H and O–H groups in total. The van der Waals surface area contributed by atoms with Crippen LogP contribution in [0.2, 0.25) is 5.02 Å². The van der Waals surface area contributed by atoms with E-state index in [1.807, 2.05) is 42.5 Å². The Labute approximate surface area is 277 Å². The van der Waals surface area contributed by atoms with Gasteiger partial charge in [-0.3, -0.25) is 14.5 Å². The van der Waals surface area contributed by atoms with E-state index in [1.54, 1.807) is 24.3 Å². The number of nitrogens with one attached hydrogen (secondary N) is 3. The highest BCUT2D eigenvalue weighted by molar-refractivity contribution is 6.30. The van der Waals surface area contributed by atoms with Crippen LogP contribution in [0.25, 0.3) is 0 Å². The number of fused-ring (bicyclic) bond motifs is 2. The summed E-state index contributed by atoms with van der Waals surface area (Å²) in [6.45, 7) is 0.841.